The van der Waals surface area contributed by atoms with Gasteiger partial charge in [-0.1, -0.05) is 12.8 Å². The summed E-state index contributed by atoms with van der Waals surface area (Å²) in [4.78, 5) is 15.4. The molecule has 26 heavy (non-hydrogen) atoms. The zero-order chi connectivity index (χ0) is 18.1. The molecule has 1 aromatic carbocycles. The third-order valence-corrected chi connectivity index (χ3v) is 8.22. The predicted octanol–water partition coefficient (Wildman–Crippen LogP) is 3.27. The van der Waals surface area contributed by atoms with Crippen LogP contribution in [0.1, 0.15) is 61.7 Å². The van der Waals surface area contributed by atoms with Crippen LogP contribution < -0.4 is 0 Å². The number of rotatable bonds is 3. The quantitative estimate of drug-likeness (QED) is 0.813. The summed E-state index contributed by atoms with van der Waals surface area (Å²) in [5, 5.41) is 0. The Labute approximate surface area is 156 Å². The minimum absolute atomic E-state index is 0.0618. The summed E-state index contributed by atoms with van der Waals surface area (Å²) in [7, 11) is -3.42. The van der Waals surface area contributed by atoms with Crippen molar-refractivity contribution in [2.45, 2.75) is 62.3 Å². The molecule has 0 bridgehead atoms. The van der Waals surface area contributed by atoms with Crippen LogP contribution in [0.25, 0.3) is 0 Å². The van der Waals surface area contributed by atoms with Gasteiger partial charge in [0, 0.05) is 31.2 Å². The summed E-state index contributed by atoms with van der Waals surface area (Å²) < 4.78 is 26.8. The molecule has 4 rings (SSSR count). The van der Waals surface area contributed by atoms with Crippen molar-refractivity contribution in [3.63, 3.8) is 0 Å². The Morgan fingerprint density at radius 3 is 2.23 bits per heavy atom. The van der Waals surface area contributed by atoms with Crippen molar-refractivity contribution in [1.82, 2.24) is 9.21 Å². The Morgan fingerprint density at radius 1 is 0.846 bits per heavy atom. The number of nitrogens with zero attached hydrogens (tertiary/aromatic N) is 2. The minimum atomic E-state index is -3.42. The summed E-state index contributed by atoms with van der Waals surface area (Å²) in [6.07, 6.45) is 9.00. The fourth-order valence-corrected chi connectivity index (χ4v) is 6.41. The van der Waals surface area contributed by atoms with Crippen LogP contribution in [0.15, 0.2) is 29.2 Å². The standard InChI is InChI=1S/C20H28N2O3S/c23-20(22-15-5-7-16-6-1-2-8-19(16)22)17-9-11-18(12-10-17)26(24,25)21-13-3-4-14-21/h9-12,16,19H,1-8,13-15H2/t16-,19-/m1/s1. The SMILES string of the molecule is O=C(c1ccc(S(=O)(=O)N2CCCC2)cc1)N1CCC[C@H]2CCCC[C@H]21. The molecule has 0 N–H and O–H groups in total. The molecule has 1 saturated carbocycles. The van der Waals surface area contributed by atoms with E-state index in [1.54, 1.807) is 28.6 Å². The lowest BCUT2D eigenvalue weighted by Gasteiger charge is -2.44. The number of piperidine rings is 1. The van der Waals surface area contributed by atoms with Crippen molar-refractivity contribution in [2.24, 2.45) is 5.92 Å². The van der Waals surface area contributed by atoms with Crippen molar-refractivity contribution in [2.75, 3.05) is 19.6 Å². The first kappa shape index (κ1) is 18.0. The fraction of sp³-hybridized carbons (Fsp3) is 0.650. The van der Waals surface area contributed by atoms with Gasteiger partial charge in [-0.25, -0.2) is 8.42 Å². The Morgan fingerprint density at radius 2 is 1.50 bits per heavy atom. The highest BCUT2D eigenvalue weighted by Crippen LogP contribution is 2.36. The molecule has 2 aliphatic heterocycles. The number of amides is 1. The van der Waals surface area contributed by atoms with E-state index >= 15 is 0 Å². The minimum Gasteiger partial charge on any atom is -0.335 e. The molecule has 0 aromatic heterocycles. The van der Waals surface area contributed by atoms with Crippen LogP contribution in [0, 0.1) is 5.92 Å². The molecule has 5 nitrogen and oxygen atoms in total. The van der Waals surface area contributed by atoms with E-state index in [1.165, 1.54) is 25.7 Å². The number of hydrogen-bond donors (Lipinski definition) is 0. The number of hydrogen-bond acceptors (Lipinski definition) is 3. The summed E-state index contributed by atoms with van der Waals surface area (Å²) in [5.41, 5.74) is 0.608. The maximum absolute atomic E-state index is 13.0. The molecule has 142 valence electrons. The van der Waals surface area contributed by atoms with Crippen molar-refractivity contribution >= 4 is 15.9 Å². The van der Waals surface area contributed by atoms with Crippen molar-refractivity contribution < 1.29 is 13.2 Å². The zero-order valence-corrected chi connectivity index (χ0v) is 16.1. The van der Waals surface area contributed by atoms with Crippen LogP contribution in [0.5, 0.6) is 0 Å². The number of carbonyl (C=O) groups is 1. The van der Waals surface area contributed by atoms with Gasteiger partial charge in [0.05, 0.1) is 4.90 Å². The van der Waals surface area contributed by atoms with Gasteiger partial charge in [-0.2, -0.15) is 4.31 Å². The maximum atomic E-state index is 13.0. The molecule has 6 heteroatoms. The monoisotopic (exact) mass is 376 g/mol. The summed E-state index contributed by atoms with van der Waals surface area (Å²) in [6, 6.07) is 6.96. The molecule has 2 atom stereocenters. The van der Waals surface area contributed by atoms with Crippen molar-refractivity contribution in [3.8, 4) is 0 Å². The predicted molar refractivity (Wildman–Crippen MR) is 100 cm³/mol. The Bertz CT molecular complexity index is 752. The van der Waals surface area contributed by atoms with Gasteiger partial charge in [0.2, 0.25) is 10.0 Å². The van der Waals surface area contributed by atoms with Crippen LogP contribution in [0.2, 0.25) is 0 Å². The van der Waals surface area contributed by atoms with Crippen LogP contribution >= 0.6 is 0 Å². The van der Waals surface area contributed by atoms with E-state index in [2.05, 4.69) is 4.90 Å². The van der Waals surface area contributed by atoms with Gasteiger partial charge in [0.15, 0.2) is 0 Å². The third kappa shape index (κ3) is 3.29. The van der Waals surface area contributed by atoms with E-state index in [1.807, 2.05) is 0 Å². The molecule has 2 heterocycles. The van der Waals surface area contributed by atoms with Gasteiger partial charge < -0.3 is 4.90 Å². The van der Waals surface area contributed by atoms with Crippen LogP contribution in [-0.2, 0) is 10.0 Å². The van der Waals surface area contributed by atoms with E-state index < -0.39 is 10.0 Å². The number of carbonyl (C=O) groups excluding carboxylic acids is 1. The van der Waals surface area contributed by atoms with Gasteiger partial charge in [-0.3, -0.25) is 4.79 Å². The van der Waals surface area contributed by atoms with E-state index in [-0.39, 0.29) is 5.91 Å². The number of likely N-dealkylation sites (tertiary alicyclic amines) is 1. The largest absolute Gasteiger partial charge is 0.335 e. The zero-order valence-electron chi connectivity index (χ0n) is 15.3. The molecule has 2 saturated heterocycles. The highest BCUT2D eigenvalue weighted by atomic mass is 32.2. The fourth-order valence-electron chi connectivity index (χ4n) is 4.89. The summed E-state index contributed by atoms with van der Waals surface area (Å²) in [5.74, 6) is 0.711. The van der Waals surface area contributed by atoms with Crippen molar-refractivity contribution in [1.29, 1.82) is 0 Å². The Balaban J connectivity index is 1.52. The first-order valence-electron chi connectivity index (χ1n) is 9.98. The van der Waals surface area contributed by atoms with Gasteiger partial charge in [-0.05, 0) is 68.7 Å². The Hall–Kier alpha value is -1.40. The summed E-state index contributed by atoms with van der Waals surface area (Å²) in [6.45, 7) is 2.02. The van der Waals surface area contributed by atoms with Crippen LogP contribution in [0.4, 0.5) is 0 Å². The molecule has 1 aromatic rings. The second-order valence-corrected chi connectivity index (χ2v) is 9.83. The lowest BCUT2D eigenvalue weighted by atomic mass is 9.78. The highest BCUT2D eigenvalue weighted by molar-refractivity contribution is 7.89. The molecule has 0 spiro atoms. The molecule has 1 amide bonds. The van der Waals surface area contributed by atoms with E-state index in [9.17, 15) is 13.2 Å². The van der Waals surface area contributed by atoms with Gasteiger partial charge in [-0.15, -0.1) is 0 Å². The molecular formula is C20H28N2O3S. The average Bonchev–Trinajstić information content (AvgIpc) is 3.23. The smallest absolute Gasteiger partial charge is 0.254 e. The normalized spacial score (nSPS) is 27.3. The first-order valence-corrected chi connectivity index (χ1v) is 11.4. The maximum Gasteiger partial charge on any atom is 0.254 e. The first-order chi connectivity index (χ1) is 12.6. The highest BCUT2D eigenvalue weighted by Gasteiger charge is 2.36. The van der Waals surface area contributed by atoms with E-state index in [0.29, 0.717) is 35.5 Å². The van der Waals surface area contributed by atoms with Crippen LogP contribution in [0.3, 0.4) is 0 Å². The number of benzene rings is 1. The van der Waals surface area contributed by atoms with Gasteiger partial charge in [0.25, 0.3) is 5.91 Å². The molecule has 0 radical (unpaired) electrons. The lowest BCUT2D eigenvalue weighted by molar-refractivity contribution is 0.0390. The Kier molecular flexibility index (Phi) is 5.06. The molecule has 3 fully saturated rings. The van der Waals surface area contributed by atoms with E-state index in [0.717, 1.165) is 32.2 Å². The van der Waals surface area contributed by atoms with Gasteiger partial charge >= 0.3 is 0 Å². The molecular weight excluding hydrogens is 348 g/mol. The number of fused-ring (bicyclic) bond motifs is 1. The second-order valence-electron chi connectivity index (χ2n) is 7.89. The topological polar surface area (TPSA) is 57.7 Å². The lowest BCUT2D eigenvalue weighted by Crippen LogP contribution is -2.49. The second kappa shape index (κ2) is 7.31. The summed E-state index contributed by atoms with van der Waals surface area (Å²) >= 11 is 0. The number of sulfonamides is 1. The van der Waals surface area contributed by atoms with E-state index in [4.69, 9.17) is 0 Å². The van der Waals surface area contributed by atoms with Crippen LogP contribution in [-0.4, -0.2) is 49.2 Å². The average molecular weight is 377 g/mol. The third-order valence-electron chi connectivity index (χ3n) is 6.31. The molecule has 3 aliphatic rings. The van der Waals surface area contributed by atoms with Gasteiger partial charge in [0.1, 0.15) is 0 Å². The molecule has 1 aliphatic carbocycles. The van der Waals surface area contributed by atoms with Crippen molar-refractivity contribution in [3.05, 3.63) is 29.8 Å². The molecule has 0 unspecified atom stereocenters.